The van der Waals surface area contributed by atoms with E-state index in [-0.39, 0.29) is 17.6 Å². The van der Waals surface area contributed by atoms with Gasteiger partial charge in [0, 0.05) is 24.7 Å². The molecule has 1 aromatic carbocycles. The van der Waals surface area contributed by atoms with Crippen LogP contribution in [0.4, 0.5) is 18.0 Å². The van der Waals surface area contributed by atoms with E-state index < -0.39 is 23.1 Å². The molecule has 0 saturated carbocycles. The number of carbonyl (C=O) groups is 1. The molecule has 0 aliphatic carbocycles. The van der Waals surface area contributed by atoms with Crippen LogP contribution in [0, 0.1) is 23.4 Å². The van der Waals surface area contributed by atoms with Crippen LogP contribution in [0.2, 0.25) is 0 Å². The van der Waals surface area contributed by atoms with E-state index in [1.165, 1.54) is 6.08 Å². The Hall–Kier alpha value is -1.98. The lowest BCUT2D eigenvalue weighted by Crippen LogP contribution is -2.41. The van der Waals surface area contributed by atoms with Crippen molar-refractivity contribution in [3.05, 3.63) is 41.2 Å². The highest BCUT2D eigenvalue weighted by atomic mass is 19.2. The Balaban J connectivity index is 1.91. The zero-order valence-corrected chi connectivity index (χ0v) is 14.1. The van der Waals surface area contributed by atoms with Gasteiger partial charge in [-0.2, -0.15) is 0 Å². The first-order chi connectivity index (χ1) is 11.2. The van der Waals surface area contributed by atoms with Gasteiger partial charge in [0.25, 0.3) is 0 Å². The van der Waals surface area contributed by atoms with E-state index in [0.29, 0.717) is 32.0 Å². The maximum absolute atomic E-state index is 13.6. The Morgan fingerprint density at radius 2 is 1.71 bits per heavy atom. The summed E-state index contributed by atoms with van der Waals surface area (Å²) in [6, 6.07) is 1.39. The molecule has 24 heavy (non-hydrogen) atoms. The van der Waals surface area contributed by atoms with Gasteiger partial charge in [0.1, 0.15) is 11.4 Å². The maximum Gasteiger partial charge on any atom is 0.410 e. The zero-order chi connectivity index (χ0) is 17.9. The van der Waals surface area contributed by atoms with Gasteiger partial charge >= 0.3 is 6.09 Å². The fourth-order valence-electron chi connectivity index (χ4n) is 2.51. The van der Waals surface area contributed by atoms with Gasteiger partial charge < -0.3 is 9.64 Å². The molecule has 132 valence electrons. The standard InChI is InChI=1S/C18H22F3NO2/c1-18(2,3)24-17(23)22-8-6-12(7-9-22)4-5-13-10-15(20)16(21)11-14(13)19/h4-5,10-12H,6-9H2,1-3H3/b5-4+. The molecule has 0 atom stereocenters. The average molecular weight is 341 g/mol. The second-order valence-corrected chi connectivity index (χ2v) is 6.95. The number of allylic oxidation sites excluding steroid dienone is 1. The summed E-state index contributed by atoms with van der Waals surface area (Å²) in [5.41, 5.74) is -0.513. The second-order valence-electron chi connectivity index (χ2n) is 6.95. The average Bonchev–Trinajstić information content (AvgIpc) is 2.48. The first-order valence-electron chi connectivity index (χ1n) is 7.96. The first kappa shape index (κ1) is 18.4. The molecule has 0 spiro atoms. The molecular formula is C18H22F3NO2. The van der Waals surface area contributed by atoms with Crippen LogP contribution in [0.25, 0.3) is 6.08 Å². The lowest BCUT2D eigenvalue weighted by Gasteiger charge is -2.32. The van der Waals surface area contributed by atoms with Crippen molar-refractivity contribution in [1.29, 1.82) is 0 Å². The number of hydrogen-bond acceptors (Lipinski definition) is 2. The summed E-state index contributed by atoms with van der Waals surface area (Å²) in [7, 11) is 0. The smallest absolute Gasteiger partial charge is 0.410 e. The minimum Gasteiger partial charge on any atom is -0.444 e. The Kier molecular flexibility index (Phi) is 5.57. The molecule has 0 aromatic heterocycles. The summed E-state index contributed by atoms with van der Waals surface area (Å²) in [6.45, 7) is 6.54. The van der Waals surface area contributed by atoms with Gasteiger partial charge in [0.05, 0.1) is 0 Å². The highest BCUT2D eigenvalue weighted by Crippen LogP contribution is 2.23. The van der Waals surface area contributed by atoms with Crippen molar-refractivity contribution in [2.75, 3.05) is 13.1 Å². The number of halogens is 3. The number of amides is 1. The van der Waals surface area contributed by atoms with E-state index in [9.17, 15) is 18.0 Å². The molecule has 0 radical (unpaired) electrons. The summed E-state index contributed by atoms with van der Waals surface area (Å²) in [5, 5.41) is 0. The topological polar surface area (TPSA) is 29.5 Å². The number of piperidine rings is 1. The van der Waals surface area contributed by atoms with Crippen LogP contribution >= 0.6 is 0 Å². The van der Waals surface area contributed by atoms with Crippen molar-refractivity contribution in [2.24, 2.45) is 5.92 Å². The lowest BCUT2D eigenvalue weighted by molar-refractivity contribution is 0.0197. The number of nitrogens with zero attached hydrogens (tertiary/aromatic N) is 1. The van der Waals surface area contributed by atoms with Gasteiger partial charge in [-0.05, 0) is 45.6 Å². The van der Waals surface area contributed by atoms with Crippen LogP contribution in [0.1, 0.15) is 39.2 Å². The van der Waals surface area contributed by atoms with Crippen molar-refractivity contribution >= 4 is 12.2 Å². The normalized spacial score (nSPS) is 16.7. The number of likely N-dealkylation sites (tertiary alicyclic amines) is 1. The fraction of sp³-hybridized carbons (Fsp3) is 0.500. The summed E-state index contributed by atoms with van der Waals surface area (Å²) < 4.78 is 45.0. The molecule has 1 aliphatic rings. The van der Waals surface area contributed by atoms with Crippen molar-refractivity contribution < 1.29 is 22.7 Å². The molecule has 6 heteroatoms. The van der Waals surface area contributed by atoms with Crippen molar-refractivity contribution in [3.8, 4) is 0 Å². The summed E-state index contributed by atoms with van der Waals surface area (Å²) in [4.78, 5) is 13.6. The zero-order valence-electron chi connectivity index (χ0n) is 14.1. The van der Waals surface area contributed by atoms with Crippen LogP contribution in [0.15, 0.2) is 18.2 Å². The molecule has 0 bridgehead atoms. The summed E-state index contributed by atoms with van der Waals surface area (Å²) in [5.74, 6) is -2.92. The Morgan fingerprint density at radius 1 is 1.12 bits per heavy atom. The van der Waals surface area contributed by atoms with E-state index >= 15 is 0 Å². The molecule has 2 rings (SSSR count). The van der Waals surface area contributed by atoms with E-state index in [1.807, 2.05) is 20.8 Å². The summed E-state index contributed by atoms with van der Waals surface area (Å²) >= 11 is 0. The fourth-order valence-corrected chi connectivity index (χ4v) is 2.51. The maximum atomic E-state index is 13.6. The van der Waals surface area contributed by atoms with Gasteiger partial charge in [-0.15, -0.1) is 0 Å². The molecule has 1 heterocycles. The van der Waals surface area contributed by atoms with Gasteiger partial charge in [-0.25, -0.2) is 18.0 Å². The van der Waals surface area contributed by atoms with Crippen LogP contribution in [-0.4, -0.2) is 29.7 Å². The number of ether oxygens (including phenoxy) is 1. The SMILES string of the molecule is CC(C)(C)OC(=O)N1CCC(/C=C/c2cc(F)c(F)cc2F)CC1. The molecule has 1 saturated heterocycles. The van der Waals surface area contributed by atoms with E-state index in [2.05, 4.69) is 0 Å². The predicted octanol–water partition coefficient (Wildman–Crippen LogP) is 4.76. The lowest BCUT2D eigenvalue weighted by atomic mass is 9.96. The van der Waals surface area contributed by atoms with Crippen LogP contribution in [-0.2, 0) is 4.74 Å². The Morgan fingerprint density at radius 3 is 2.29 bits per heavy atom. The predicted molar refractivity (Wildman–Crippen MR) is 85.9 cm³/mol. The van der Waals surface area contributed by atoms with Crippen LogP contribution < -0.4 is 0 Å². The van der Waals surface area contributed by atoms with Crippen molar-refractivity contribution in [2.45, 2.75) is 39.2 Å². The Bertz CT molecular complexity index is 630. The highest BCUT2D eigenvalue weighted by molar-refractivity contribution is 5.68. The number of benzene rings is 1. The monoisotopic (exact) mass is 341 g/mol. The molecular weight excluding hydrogens is 319 g/mol. The second kappa shape index (κ2) is 7.28. The molecule has 1 fully saturated rings. The third-order valence-corrected chi connectivity index (χ3v) is 3.78. The Labute approximate surface area is 140 Å². The largest absolute Gasteiger partial charge is 0.444 e. The molecule has 1 amide bonds. The highest BCUT2D eigenvalue weighted by Gasteiger charge is 2.25. The number of carbonyl (C=O) groups excluding carboxylic acids is 1. The molecule has 1 aliphatic heterocycles. The van der Waals surface area contributed by atoms with Crippen LogP contribution in [0.5, 0.6) is 0 Å². The van der Waals surface area contributed by atoms with Crippen LogP contribution in [0.3, 0.4) is 0 Å². The third-order valence-electron chi connectivity index (χ3n) is 3.78. The third kappa shape index (κ3) is 5.01. The molecule has 0 unspecified atom stereocenters. The number of hydrogen-bond donors (Lipinski definition) is 0. The van der Waals surface area contributed by atoms with Gasteiger partial charge in [0.15, 0.2) is 11.6 Å². The van der Waals surface area contributed by atoms with Gasteiger partial charge in [-0.1, -0.05) is 12.2 Å². The van der Waals surface area contributed by atoms with E-state index in [4.69, 9.17) is 4.74 Å². The number of rotatable bonds is 2. The summed E-state index contributed by atoms with van der Waals surface area (Å²) in [6.07, 6.45) is 4.33. The molecule has 1 aromatic rings. The van der Waals surface area contributed by atoms with Crippen molar-refractivity contribution in [1.82, 2.24) is 4.90 Å². The van der Waals surface area contributed by atoms with E-state index in [0.717, 1.165) is 6.07 Å². The minimum atomic E-state index is -1.20. The van der Waals surface area contributed by atoms with Gasteiger partial charge in [-0.3, -0.25) is 0 Å². The minimum absolute atomic E-state index is 0.0171. The van der Waals surface area contributed by atoms with Gasteiger partial charge in [0.2, 0.25) is 0 Å². The molecule has 3 nitrogen and oxygen atoms in total. The first-order valence-corrected chi connectivity index (χ1v) is 7.96. The molecule has 0 N–H and O–H groups in total. The van der Waals surface area contributed by atoms with Crippen molar-refractivity contribution in [3.63, 3.8) is 0 Å². The quantitative estimate of drug-likeness (QED) is 0.726. The van der Waals surface area contributed by atoms with E-state index in [1.54, 1.807) is 11.0 Å².